The maximum Gasteiger partial charge on any atom is 0.244 e. The molecule has 3 rings (SSSR count). The second-order valence-electron chi connectivity index (χ2n) is 10.6. The van der Waals surface area contributed by atoms with Gasteiger partial charge in [-0.1, -0.05) is 89.9 Å². The van der Waals surface area contributed by atoms with Crippen LogP contribution in [0.4, 0.5) is 5.69 Å². The van der Waals surface area contributed by atoms with Crippen LogP contribution in [-0.2, 0) is 32.6 Å². The second-order valence-corrected chi connectivity index (χ2v) is 13.4. The summed E-state index contributed by atoms with van der Waals surface area (Å²) in [5.74, 6) is -0.517. The van der Waals surface area contributed by atoms with Gasteiger partial charge in [0.1, 0.15) is 12.6 Å². The predicted molar refractivity (Wildman–Crippen MR) is 165 cm³/mol. The van der Waals surface area contributed by atoms with Crippen molar-refractivity contribution in [2.24, 2.45) is 5.92 Å². The highest BCUT2D eigenvalue weighted by Crippen LogP contribution is 2.25. The molecule has 0 radical (unpaired) electrons. The Morgan fingerprint density at radius 3 is 2.15 bits per heavy atom. The Balaban J connectivity index is 2.06. The molecular formula is C31H38BrN3O4S. The number of sulfonamides is 1. The number of nitrogens with zero attached hydrogens (tertiary/aromatic N) is 2. The fourth-order valence-electron chi connectivity index (χ4n) is 4.44. The van der Waals surface area contributed by atoms with E-state index in [4.69, 9.17) is 0 Å². The molecule has 40 heavy (non-hydrogen) atoms. The quantitative estimate of drug-likeness (QED) is 0.297. The molecule has 2 amide bonds. The normalized spacial score (nSPS) is 12.2. The standard InChI is InChI=1S/C31H38BrN3O4S/c1-22(2)19-33-31(37)29(18-25-9-7-6-8-10-25)34(20-26-12-14-27(32)15-13-26)30(36)21-35(40(5,38)39)28-16-11-23(3)17-24(28)4/h6-17,22,29H,18-21H2,1-5H3,(H,33,37). The van der Waals surface area contributed by atoms with Gasteiger partial charge in [-0.3, -0.25) is 13.9 Å². The number of carbonyl (C=O) groups excluding carboxylic acids is 2. The van der Waals surface area contributed by atoms with E-state index in [1.807, 2.05) is 94.4 Å². The zero-order valence-electron chi connectivity index (χ0n) is 23.7. The van der Waals surface area contributed by atoms with Crippen LogP contribution in [0.5, 0.6) is 0 Å². The Hall–Kier alpha value is -3.17. The Morgan fingerprint density at radius 1 is 0.925 bits per heavy atom. The van der Waals surface area contributed by atoms with E-state index >= 15 is 0 Å². The van der Waals surface area contributed by atoms with E-state index in [2.05, 4.69) is 21.2 Å². The van der Waals surface area contributed by atoms with Crippen molar-refractivity contribution in [1.82, 2.24) is 10.2 Å². The molecule has 0 aliphatic carbocycles. The molecule has 0 saturated carbocycles. The molecule has 0 bridgehead atoms. The first-order chi connectivity index (χ1) is 18.8. The fourth-order valence-corrected chi connectivity index (χ4v) is 5.61. The molecule has 0 fully saturated rings. The first kappa shape index (κ1) is 31.4. The van der Waals surface area contributed by atoms with E-state index in [1.165, 1.54) is 4.90 Å². The number of hydrogen-bond donors (Lipinski definition) is 1. The minimum absolute atomic E-state index is 0.142. The molecule has 214 valence electrons. The van der Waals surface area contributed by atoms with Gasteiger partial charge in [0.15, 0.2) is 0 Å². The number of aryl methyl sites for hydroxylation is 2. The van der Waals surface area contributed by atoms with Crippen molar-refractivity contribution >= 4 is 43.5 Å². The third kappa shape index (κ3) is 8.93. The van der Waals surface area contributed by atoms with Crippen molar-refractivity contribution in [2.45, 2.75) is 46.7 Å². The van der Waals surface area contributed by atoms with Crippen molar-refractivity contribution in [2.75, 3.05) is 23.7 Å². The van der Waals surface area contributed by atoms with Gasteiger partial charge in [0, 0.05) is 24.0 Å². The summed E-state index contributed by atoms with van der Waals surface area (Å²) in [4.78, 5) is 29.3. The summed E-state index contributed by atoms with van der Waals surface area (Å²) in [6.07, 6.45) is 1.38. The molecule has 1 N–H and O–H groups in total. The van der Waals surface area contributed by atoms with Crippen LogP contribution in [0.1, 0.15) is 36.1 Å². The lowest BCUT2D eigenvalue weighted by atomic mass is 10.0. The number of carbonyl (C=O) groups is 2. The van der Waals surface area contributed by atoms with Crippen LogP contribution in [0.25, 0.3) is 0 Å². The van der Waals surface area contributed by atoms with Crippen LogP contribution in [0.2, 0.25) is 0 Å². The van der Waals surface area contributed by atoms with Crippen molar-refractivity contribution < 1.29 is 18.0 Å². The van der Waals surface area contributed by atoms with Gasteiger partial charge in [-0.05, 0) is 54.7 Å². The molecule has 0 heterocycles. The molecule has 0 aliphatic rings. The lowest BCUT2D eigenvalue weighted by Crippen LogP contribution is -2.53. The number of anilines is 1. The van der Waals surface area contributed by atoms with E-state index < -0.39 is 28.5 Å². The molecule has 1 unspecified atom stereocenters. The summed E-state index contributed by atoms with van der Waals surface area (Å²) in [5, 5.41) is 2.99. The van der Waals surface area contributed by atoms with Gasteiger partial charge in [0.25, 0.3) is 0 Å². The van der Waals surface area contributed by atoms with Gasteiger partial charge in [-0.2, -0.15) is 0 Å². The SMILES string of the molecule is Cc1ccc(N(CC(=O)N(Cc2ccc(Br)cc2)C(Cc2ccccc2)C(=O)NCC(C)C)S(C)(=O)=O)c(C)c1. The maximum absolute atomic E-state index is 14.1. The summed E-state index contributed by atoms with van der Waals surface area (Å²) in [6.45, 7) is 7.93. The molecule has 3 aromatic carbocycles. The van der Waals surface area contributed by atoms with E-state index in [0.29, 0.717) is 12.2 Å². The summed E-state index contributed by atoms with van der Waals surface area (Å²) in [5.41, 5.74) is 3.89. The highest BCUT2D eigenvalue weighted by molar-refractivity contribution is 9.10. The Kier molecular flexibility index (Phi) is 10.9. The van der Waals surface area contributed by atoms with Crippen LogP contribution >= 0.6 is 15.9 Å². The van der Waals surface area contributed by atoms with E-state index in [9.17, 15) is 18.0 Å². The van der Waals surface area contributed by atoms with Gasteiger partial charge in [0.2, 0.25) is 21.8 Å². The zero-order valence-corrected chi connectivity index (χ0v) is 26.1. The van der Waals surface area contributed by atoms with Crippen molar-refractivity contribution in [3.8, 4) is 0 Å². The molecule has 0 aliphatic heterocycles. The average molecular weight is 629 g/mol. The van der Waals surface area contributed by atoms with Gasteiger partial charge >= 0.3 is 0 Å². The second kappa shape index (κ2) is 13.9. The minimum atomic E-state index is -3.81. The van der Waals surface area contributed by atoms with Crippen molar-refractivity contribution in [3.05, 3.63) is 99.5 Å². The van der Waals surface area contributed by atoms with E-state index in [1.54, 1.807) is 6.07 Å². The number of halogens is 1. The van der Waals surface area contributed by atoms with Gasteiger partial charge in [-0.15, -0.1) is 0 Å². The van der Waals surface area contributed by atoms with Crippen LogP contribution < -0.4 is 9.62 Å². The van der Waals surface area contributed by atoms with Crippen LogP contribution in [-0.4, -0.2) is 50.5 Å². The summed E-state index contributed by atoms with van der Waals surface area (Å²) < 4.78 is 28.0. The molecule has 3 aromatic rings. The topological polar surface area (TPSA) is 86.8 Å². The number of hydrogen-bond acceptors (Lipinski definition) is 4. The Labute approximate surface area is 246 Å². The molecule has 7 nitrogen and oxygen atoms in total. The van der Waals surface area contributed by atoms with Crippen molar-refractivity contribution in [3.63, 3.8) is 0 Å². The molecule has 1 atom stereocenters. The number of amides is 2. The fraction of sp³-hybridized carbons (Fsp3) is 0.355. The molecule has 0 saturated heterocycles. The molecular weight excluding hydrogens is 590 g/mol. The van der Waals surface area contributed by atoms with Gasteiger partial charge in [-0.25, -0.2) is 8.42 Å². The number of benzene rings is 3. The zero-order chi connectivity index (χ0) is 29.4. The van der Waals surface area contributed by atoms with E-state index in [-0.39, 0.29) is 24.8 Å². The summed E-state index contributed by atoms with van der Waals surface area (Å²) >= 11 is 3.45. The Morgan fingerprint density at radius 2 is 1.57 bits per heavy atom. The monoisotopic (exact) mass is 627 g/mol. The predicted octanol–water partition coefficient (Wildman–Crippen LogP) is 5.24. The number of rotatable bonds is 12. The van der Waals surface area contributed by atoms with Crippen LogP contribution in [0.15, 0.2) is 77.3 Å². The van der Waals surface area contributed by atoms with Crippen LogP contribution in [0.3, 0.4) is 0 Å². The third-order valence-electron chi connectivity index (χ3n) is 6.52. The lowest BCUT2D eigenvalue weighted by Gasteiger charge is -2.34. The smallest absolute Gasteiger partial charge is 0.244 e. The lowest BCUT2D eigenvalue weighted by molar-refractivity contribution is -0.140. The van der Waals surface area contributed by atoms with Crippen molar-refractivity contribution in [1.29, 1.82) is 0 Å². The van der Waals surface area contributed by atoms with Gasteiger partial charge in [0.05, 0.1) is 11.9 Å². The third-order valence-corrected chi connectivity index (χ3v) is 8.18. The highest BCUT2D eigenvalue weighted by Gasteiger charge is 2.33. The Bertz CT molecular complexity index is 1410. The first-order valence-corrected chi connectivity index (χ1v) is 15.9. The number of nitrogens with one attached hydrogen (secondary N) is 1. The average Bonchev–Trinajstić information content (AvgIpc) is 2.89. The molecule has 0 aromatic heterocycles. The molecule has 9 heteroatoms. The largest absolute Gasteiger partial charge is 0.354 e. The van der Waals surface area contributed by atoms with E-state index in [0.717, 1.165) is 37.3 Å². The maximum atomic E-state index is 14.1. The minimum Gasteiger partial charge on any atom is -0.354 e. The first-order valence-electron chi connectivity index (χ1n) is 13.3. The summed E-state index contributed by atoms with van der Waals surface area (Å²) in [7, 11) is -3.81. The molecule has 0 spiro atoms. The van der Waals surface area contributed by atoms with Crippen LogP contribution in [0, 0.1) is 19.8 Å². The summed E-state index contributed by atoms with van der Waals surface area (Å²) in [6, 6.07) is 21.6. The van der Waals surface area contributed by atoms with Gasteiger partial charge < -0.3 is 10.2 Å². The highest BCUT2D eigenvalue weighted by atomic mass is 79.9.